The molecule has 3 heteroatoms. The van der Waals surface area contributed by atoms with Crippen molar-refractivity contribution in [3.63, 3.8) is 0 Å². The molecule has 0 fully saturated rings. The summed E-state index contributed by atoms with van der Waals surface area (Å²) in [5, 5.41) is 2.86. The smallest absolute Gasteiger partial charge is 0.230 e. The second-order valence-corrected chi connectivity index (χ2v) is 5.30. The van der Waals surface area contributed by atoms with E-state index in [-0.39, 0.29) is 11.7 Å². The van der Waals surface area contributed by atoms with Gasteiger partial charge in [-0.3, -0.25) is 4.79 Å². The lowest BCUT2D eigenvalue weighted by molar-refractivity contribution is -0.125. The number of rotatable bonds is 4. The van der Waals surface area contributed by atoms with Gasteiger partial charge in [0.05, 0.1) is 5.41 Å². The van der Waals surface area contributed by atoms with Gasteiger partial charge in [0.25, 0.3) is 0 Å². The van der Waals surface area contributed by atoms with Crippen molar-refractivity contribution in [2.24, 2.45) is 0 Å². The second kappa shape index (κ2) is 5.87. The molecule has 0 atom stereocenters. The number of carbonyl (C=O) groups excluding carboxylic acids is 1. The molecule has 0 saturated heterocycles. The van der Waals surface area contributed by atoms with Crippen molar-refractivity contribution in [2.75, 3.05) is 0 Å². The van der Waals surface area contributed by atoms with Gasteiger partial charge in [0.1, 0.15) is 5.82 Å². The number of hydrogen-bond acceptors (Lipinski definition) is 1. The van der Waals surface area contributed by atoms with Gasteiger partial charge in [0.2, 0.25) is 5.91 Å². The first kappa shape index (κ1) is 14.3. The molecule has 2 aromatic carbocycles. The molecule has 0 aliphatic rings. The Bertz CT molecular complexity index is 593. The molecule has 0 aliphatic carbocycles. The second-order valence-electron chi connectivity index (χ2n) is 5.30. The van der Waals surface area contributed by atoms with E-state index in [4.69, 9.17) is 0 Å². The molecule has 1 N–H and O–H groups in total. The highest BCUT2D eigenvalue weighted by molar-refractivity contribution is 5.87. The number of benzene rings is 2. The fourth-order valence-corrected chi connectivity index (χ4v) is 2.04. The van der Waals surface area contributed by atoms with Crippen LogP contribution in [-0.4, -0.2) is 5.91 Å². The standard InChI is InChI=1S/C17H18FNO/c1-17(2,14-8-4-3-5-9-14)16(20)19-12-13-7-6-10-15(18)11-13/h3-11H,12H2,1-2H3,(H,19,20). The van der Waals surface area contributed by atoms with E-state index in [1.165, 1.54) is 12.1 Å². The first-order valence-electron chi connectivity index (χ1n) is 6.58. The molecule has 104 valence electrons. The van der Waals surface area contributed by atoms with Gasteiger partial charge < -0.3 is 5.32 Å². The van der Waals surface area contributed by atoms with Crippen molar-refractivity contribution < 1.29 is 9.18 Å². The summed E-state index contributed by atoms with van der Waals surface area (Å²) in [6, 6.07) is 15.9. The average molecular weight is 271 g/mol. The Labute approximate surface area is 118 Å². The van der Waals surface area contributed by atoms with Crippen molar-refractivity contribution >= 4 is 5.91 Å². The van der Waals surface area contributed by atoms with Crippen LogP contribution in [0.4, 0.5) is 4.39 Å². The third kappa shape index (κ3) is 3.23. The molecule has 2 rings (SSSR count). The van der Waals surface area contributed by atoms with Crippen LogP contribution in [0.3, 0.4) is 0 Å². The monoisotopic (exact) mass is 271 g/mol. The largest absolute Gasteiger partial charge is 0.351 e. The van der Waals surface area contributed by atoms with Gasteiger partial charge in [-0.05, 0) is 37.1 Å². The Morgan fingerprint density at radius 2 is 1.80 bits per heavy atom. The Hall–Kier alpha value is -2.16. The van der Waals surface area contributed by atoms with Crippen LogP contribution in [0.1, 0.15) is 25.0 Å². The Kier molecular flexibility index (Phi) is 4.18. The molecule has 20 heavy (non-hydrogen) atoms. The summed E-state index contributed by atoms with van der Waals surface area (Å²) in [4.78, 5) is 12.3. The SMILES string of the molecule is CC(C)(C(=O)NCc1cccc(F)c1)c1ccccc1. The number of nitrogens with one attached hydrogen (secondary N) is 1. The molecule has 2 nitrogen and oxygen atoms in total. The van der Waals surface area contributed by atoms with Crippen molar-refractivity contribution in [1.82, 2.24) is 5.32 Å². The predicted octanol–water partition coefficient (Wildman–Crippen LogP) is 3.42. The maximum Gasteiger partial charge on any atom is 0.230 e. The van der Waals surface area contributed by atoms with E-state index in [1.54, 1.807) is 12.1 Å². The predicted molar refractivity (Wildman–Crippen MR) is 77.7 cm³/mol. The maximum absolute atomic E-state index is 13.1. The molecule has 0 unspecified atom stereocenters. The van der Waals surface area contributed by atoms with Crippen molar-refractivity contribution in [1.29, 1.82) is 0 Å². The van der Waals surface area contributed by atoms with Gasteiger partial charge in [0, 0.05) is 6.54 Å². The molecule has 2 aromatic rings. The first-order chi connectivity index (χ1) is 9.50. The summed E-state index contributed by atoms with van der Waals surface area (Å²) in [7, 11) is 0. The lowest BCUT2D eigenvalue weighted by Crippen LogP contribution is -2.39. The van der Waals surface area contributed by atoms with Crippen molar-refractivity contribution in [3.8, 4) is 0 Å². The van der Waals surface area contributed by atoms with E-state index >= 15 is 0 Å². The van der Waals surface area contributed by atoms with Crippen molar-refractivity contribution in [3.05, 3.63) is 71.5 Å². The first-order valence-corrected chi connectivity index (χ1v) is 6.58. The van der Waals surface area contributed by atoms with Gasteiger partial charge in [0.15, 0.2) is 0 Å². The van der Waals surface area contributed by atoms with E-state index in [0.29, 0.717) is 6.54 Å². The summed E-state index contributed by atoms with van der Waals surface area (Å²) in [6.45, 7) is 4.08. The van der Waals surface area contributed by atoms with Crippen molar-refractivity contribution in [2.45, 2.75) is 25.8 Å². The third-order valence-electron chi connectivity index (χ3n) is 3.41. The summed E-state index contributed by atoms with van der Waals surface area (Å²) >= 11 is 0. The van der Waals surface area contributed by atoms with Crippen LogP contribution >= 0.6 is 0 Å². The minimum Gasteiger partial charge on any atom is -0.351 e. The zero-order valence-electron chi connectivity index (χ0n) is 11.7. The number of amides is 1. The number of halogens is 1. The van der Waals surface area contributed by atoms with Gasteiger partial charge in [-0.1, -0.05) is 42.5 Å². The molecule has 0 heterocycles. The maximum atomic E-state index is 13.1. The Morgan fingerprint density at radius 1 is 1.10 bits per heavy atom. The fraction of sp³-hybridized carbons (Fsp3) is 0.235. The Balaban J connectivity index is 2.05. The number of hydrogen-bond donors (Lipinski definition) is 1. The zero-order chi connectivity index (χ0) is 14.6. The van der Waals surface area contributed by atoms with Crippen LogP contribution in [0.2, 0.25) is 0 Å². The van der Waals surface area contributed by atoms with Crippen LogP contribution in [-0.2, 0) is 16.8 Å². The summed E-state index contributed by atoms with van der Waals surface area (Å²) in [5.74, 6) is -0.368. The van der Waals surface area contributed by atoms with Crippen LogP contribution in [0.15, 0.2) is 54.6 Å². The van der Waals surface area contributed by atoms with Gasteiger partial charge in [-0.2, -0.15) is 0 Å². The highest BCUT2D eigenvalue weighted by atomic mass is 19.1. The third-order valence-corrected chi connectivity index (χ3v) is 3.41. The molecule has 0 aromatic heterocycles. The van der Waals surface area contributed by atoms with Gasteiger partial charge in [-0.25, -0.2) is 4.39 Å². The summed E-state index contributed by atoms with van der Waals surface area (Å²) in [5.41, 5.74) is 1.09. The Morgan fingerprint density at radius 3 is 2.45 bits per heavy atom. The van der Waals surface area contributed by atoms with E-state index in [0.717, 1.165) is 11.1 Å². The zero-order valence-corrected chi connectivity index (χ0v) is 11.7. The van der Waals surface area contributed by atoms with E-state index in [9.17, 15) is 9.18 Å². The highest BCUT2D eigenvalue weighted by Crippen LogP contribution is 2.23. The number of carbonyl (C=O) groups is 1. The van der Waals surface area contributed by atoms with Crippen LogP contribution in [0.25, 0.3) is 0 Å². The van der Waals surface area contributed by atoms with E-state index in [1.807, 2.05) is 44.2 Å². The van der Waals surface area contributed by atoms with E-state index < -0.39 is 5.41 Å². The molecule has 0 radical (unpaired) electrons. The van der Waals surface area contributed by atoms with Crippen LogP contribution < -0.4 is 5.32 Å². The van der Waals surface area contributed by atoms with Crippen LogP contribution in [0.5, 0.6) is 0 Å². The van der Waals surface area contributed by atoms with E-state index in [2.05, 4.69) is 5.32 Å². The lowest BCUT2D eigenvalue weighted by Gasteiger charge is -2.24. The average Bonchev–Trinajstić information content (AvgIpc) is 2.45. The van der Waals surface area contributed by atoms with Gasteiger partial charge >= 0.3 is 0 Å². The topological polar surface area (TPSA) is 29.1 Å². The molecule has 0 saturated carbocycles. The normalized spacial score (nSPS) is 11.2. The summed E-state index contributed by atoms with van der Waals surface area (Å²) < 4.78 is 13.1. The fourth-order valence-electron chi connectivity index (χ4n) is 2.04. The molecule has 1 amide bonds. The van der Waals surface area contributed by atoms with Gasteiger partial charge in [-0.15, -0.1) is 0 Å². The van der Waals surface area contributed by atoms with Crippen LogP contribution in [0, 0.1) is 5.82 Å². The lowest BCUT2D eigenvalue weighted by atomic mass is 9.84. The molecular formula is C17H18FNO. The molecular weight excluding hydrogens is 253 g/mol. The summed E-state index contributed by atoms with van der Waals surface area (Å²) in [6.07, 6.45) is 0. The molecule has 0 aliphatic heterocycles. The molecule has 0 bridgehead atoms. The molecule has 0 spiro atoms. The minimum atomic E-state index is -0.616. The quantitative estimate of drug-likeness (QED) is 0.907. The highest BCUT2D eigenvalue weighted by Gasteiger charge is 2.29. The minimum absolute atomic E-state index is 0.0760.